The molecule has 3 rings (SSSR count). The van der Waals surface area contributed by atoms with Crippen LogP contribution in [-0.2, 0) is 4.74 Å². The molecule has 0 spiro atoms. The summed E-state index contributed by atoms with van der Waals surface area (Å²) in [6.07, 6.45) is 1.15. The largest absolute Gasteiger partial charge is 0.465 e. The average molecular weight is 394 g/mol. The molecule has 0 aliphatic heterocycles. The smallest absolute Gasteiger partial charge is 0.373 e. The number of aromatic nitrogens is 2. The summed E-state index contributed by atoms with van der Waals surface area (Å²) in [6.45, 7) is 3.79. The van der Waals surface area contributed by atoms with E-state index >= 15 is 0 Å². The minimum Gasteiger partial charge on any atom is -0.465 e. The second-order valence-electron chi connectivity index (χ2n) is 6.22. The maximum absolute atomic E-state index is 12.0. The van der Waals surface area contributed by atoms with Gasteiger partial charge in [-0.3, -0.25) is 10.1 Å². The van der Waals surface area contributed by atoms with Crippen LogP contribution in [0.5, 0.6) is 11.6 Å². The van der Waals surface area contributed by atoms with Crippen molar-refractivity contribution in [3.8, 4) is 11.6 Å². The number of ether oxygens (including phenoxy) is 2. The van der Waals surface area contributed by atoms with Gasteiger partial charge in [-0.05, 0) is 49.2 Å². The van der Waals surface area contributed by atoms with Crippen molar-refractivity contribution >= 4 is 23.2 Å². The molecule has 0 fully saturated rings. The highest BCUT2D eigenvalue weighted by Crippen LogP contribution is 2.36. The van der Waals surface area contributed by atoms with Crippen LogP contribution >= 0.6 is 0 Å². The first-order chi connectivity index (χ1) is 13.9. The van der Waals surface area contributed by atoms with Gasteiger partial charge in [0.2, 0.25) is 5.82 Å². The summed E-state index contributed by atoms with van der Waals surface area (Å²) in [6, 6.07) is 11.9. The van der Waals surface area contributed by atoms with Gasteiger partial charge in [0.05, 0.1) is 23.3 Å². The zero-order valence-electron chi connectivity index (χ0n) is 16.0. The summed E-state index contributed by atoms with van der Waals surface area (Å²) in [5, 5.41) is 14.6. The minimum atomic E-state index is -0.638. The summed E-state index contributed by atoms with van der Waals surface area (Å²) in [5.74, 6) is -0.490. The molecule has 3 aromatic rings. The van der Waals surface area contributed by atoms with E-state index in [2.05, 4.69) is 15.3 Å². The second-order valence-corrected chi connectivity index (χ2v) is 6.22. The average Bonchev–Trinajstić information content (AvgIpc) is 2.67. The molecule has 0 unspecified atom stereocenters. The van der Waals surface area contributed by atoms with Gasteiger partial charge in [0.25, 0.3) is 0 Å². The molecule has 0 atom stereocenters. The van der Waals surface area contributed by atoms with E-state index in [-0.39, 0.29) is 17.3 Å². The third kappa shape index (κ3) is 4.46. The summed E-state index contributed by atoms with van der Waals surface area (Å²) >= 11 is 0. The van der Waals surface area contributed by atoms with E-state index in [1.54, 1.807) is 30.3 Å². The highest BCUT2D eigenvalue weighted by atomic mass is 16.6. The fourth-order valence-corrected chi connectivity index (χ4v) is 2.80. The van der Waals surface area contributed by atoms with E-state index in [1.807, 2.05) is 19.9 Å². The monoisotopic (exact) mass is 394 g/mol. The molecule has 2 aromatic carbocycles. The topological polar surface area (TPSA) is 116 Å². The van der Waals surface area contributed by atoms with E-state index < -0.39 is 16.6 Å². The van der Waals surface area contributed by atoms with Gasteiger partial charge in [-0.2, -0.15) is 4.98 Å². The van der Waals surface area contributed by atoms with Gasteiger partial charge in [0, 0.05) is 0 Å². The number of anilines is 2. The summed E-state index contributed by atoms with van der Waals surface area (Å²) in [4.78, 5) is 31.0. The van der Waals surface area contributed by atoms with Crippen LogP contribution in [0.25, 0.3) is 0 Å². The number of hydrogen-bond donors (Lipinski definition) is 1. The Bertz CT molecular complexity index is 1060. The number of rotatable bonds is 6. The number of benzene rings is 2. The number of carbonyl (C=O) groups excluding carboxylic acids is 1. The first-order valence-corrected chi connectivity index (χ1v) is 8.59. The highest BCUT2D eigenvalue weighted by Gasteiger charge is 2.26. The lowest BCUT2D eigenvalue weighted by atomic mass is 10.1. The Morgan fingerprint density at radius 2 is 1.79 bits per heavy atom. The molecule has 0 amide bonds. The first kappa shape index (κ1) is 19.7. The number of para-hydroxylation sites is 1. The van der Waals surface area contributed by atoms with Crippen LogP contribution in [0.1, 0.15) is 21.5 Å². The van der Waals surface area contributed by atoms with E-state index in [0.29, 0.717) is 11.4 Å². The van der Waals surface area contributed by atoms with Crippen LogP contribution in [0.4, 0.5) is 17.2 Å². The Morgan fingerprint density at radius 3 is 2.45 bits per heavy atom. The number of nitro groups is 1. The zero-order valence-corrected chi connectivity index (χ0v) is 16.0. The van der Waals surface area contributed by atoms with Crippen molar-refractivity contribution in [1.29, 1.82) is 0 Å². The number of nitrogens with zero attached hydrogens (tertiary/aromatic N) is 3. The fourth-order valence-electron chi connectivity index (χ4n) is 2.80. The van der Waals surface area contributed by atoms with Crippen LogP contribution in [0.15, 0.2) is 48.8 Å². The van der Waals surface area contributed by atoms with Gasteiger partial charge in [-0.15, -0.1) is 0 Å². The predicted molar refractivity (Wildman–Crippen MR) is 106 cm³/mol. The first-order valence-electron chi connectivity index (χ1n) is 8.59. The van der Waals surface area contributed by atoms with Crippen LogP contribution in [0.3, 0.4) is 0 Å². The van der Waals surface area contributed by atoms with Gasteiger partial charge in [-0.1, -0.05) is 18.2 Å². The van der Waals surface area contributed by atoms with Crippen LogP contribution in [0.2, 0.25) is 0 Å². The standard InChI is InChI=1S/C20H18N4O5/c1-12-8-13(2)10-14(9-12)29-19-17(24(26)27)18(21-11-22-19)23-16-7-5-4-6-15(16)20(25)28-3/h4-11H,1-3H3,(H,21,22,23). The third-order valence-electron chi connectivity index (χ3n) is 3.97. The van der Waals surface area contributed by atoms with Crippen molar-refractivity contribution in [2.75, 3.05) is 12.4 Å². The highest BCUT2D eigenvalue weighted by molar-refractivity contribution is 5.96. The molecular formula is C20H18N4O5. The quantitative estimate of drug-likeness (QED) is 0.373. The molecule has 1 heterocycles. The Hall–Kier alpha value is -4.01. The van der Waals surface area contributed by atoms with E-state index in [4.69, 9.17) is 9.47 Å². The molecule has 148 valence electrons. The van der Waals surface area contributed by atoms with Crippen molar-refractivity contribution in [1.82, 2.24) is 9.97 Å². The Morgan fingerprint density at radius 1 is 1.10 bits per heavy atom. The van der Waals surface area contributed by atoms with Gasteiger partial charge in [-0.25, -0.2) is 9.78 Å². The van der Waals surface area contributed by atoms with Gasteiger partial charge in [0.1, 0.15) is 12.1 Å². The molecule has 9 heteroatoms. The normalized spacial score (nSPS) is 10.3. The molecule has 0 radical (unpaired) electrons. The van der Waals surface area contributed by atoms with E-state index in [0.717, 1.165) is 17.5 Å². The summed E-state index contributed by atoms with van der Waals surface area (Å²) in [5.41, 5.74) is 1.95. The minimum absolute atomic E-state index is 0.110. The van der Waals surface area contributed by atoms with Crippen molar-refractivity contribution in [2.45, 2.75) is 13.8 Å². The molecule has 29 heavy (non-hydrogen) atoms. The Labute approximate surface area is 166 Å². The Balaban J connectivity index is 2.02. The molecule has 1 N–H and O–H groups in total. The van der Waals surface area contributed by atoms with Crippen molar-refractivity contribution in [3.05, 3.63) is 75.6 Å². The number of carbonyl (C=O) groups is 1. The van der Waals surface area contributed by atoms with Gasteiger partial charge < -0.3 is 14.8 Å². The van der Waals surface area contributed by atoms with E-state index in [9.17, 15) is 14.9 Å². The molecule has 1 aromatic heterocycles. The van der Waals surface area contributed by atoms with Crippen molar-refractivity contribution < 1.29 is 19.2 Å². The molecular weight excluding hydrogens is 376 g/mol. The lowest BCUT2D eigenvalue weighted by Gasteiger charge is -2.12. The maximum atomic E-state index is 12.0. The molecule has 0 saturated heterocycles. The fraction of sp³-hybridized carbons (Fsp3) is 0.150. The number of hydrogen-bond acceptors (Lipinski definition) is 8. The second kappa shape index (κ2) is 8.34. The molecule has 0 saturated carbocycles. The van der Waals surface area contributed by atoms with Crippen LogP contribution < -0.4 is 10.1 Å². The van der Waals surface area contributed by atoms with Crippen LogP contribution in [-0.4, -0.2) is 28.0 Å². The number of esters is 1. The Kier molecular flexibility index (Phi) is 5.68. The zero-order chi connectivity index (χ0) is 21.0. The lowest BCUT2D eigenvalue weighted by Crippen LogP contribution is -2.08. The van der Waals surface area contributed by atoms with E-state index in [1.165, 1.54) is 13.2 Å². The number of methoxy groups -OCH3 is 1. The lowest BCUT2D eigenvalue weighted by molar-refractivity contribution is -0.385. The van der Waals surface area contributed by atoms with Gasteiger partial charge in [0.15, 0.2) is 0 Å². The number of aryl methyl sites for hydroxylation is 2. The SMILES string of the molecule is COC(=O)c1ccccc1Nc1ncnc(Oc2cc(C)cc(C)c2)c1[N+](=O)[O-]. The summed E-state index contributed by atoms with van der Waals surface area (Å²) < 4.78 is 10.4. The van der Waals surface area contributed by atoms with Gasteiger partial charge >= 0.3 is 17.5 Å². The van der Waals surface area contributed by atoms with Crippen LogP contribution in [0, 0.1) is 24.0 Å². The molecule has 0 aliphatic carbocycles. The number of nitrogens with one attached hydrogen (secondary N) is 1. The van der Waals surface area contributed by atoms with Crippen molar-refractivity contribution in [3.63, 3.8) is 0 Å². The summed E-state index contributed by atoms with van der Waals surface area (Å²) in [7, 11) is 1.25. The van der Waals surface area contributed by atoms with Crippen molar-refractivity contribution in [2.24, 2.45) is 0 Å². The molecule has 0 bridgehead atoms. The maximum Gasteiger partial charge on any atom is 0.373 e. The molecule has 9 nitrogen and oxygen atoms in total. The third-order valence-corrected chi connectivity index (χ3v) is 3.97. The molecule has 0 aliphatic rings. The predicted octanol–water partition coefficient (Wildman–Crippen LogP) is 4.32.